The van der Waals surface area contributed by atoms with Crippen LogP contribution in [0.5, 0.6) is 0 Å². The van der Waals surface area contributed by atoms with E-state index in [4.69, 9.17) is 5.11 Å². The number of benzene rings is 1. The quantitative estimate of drug-likeness (QED) is 0.857. The van der Waals surface area contributed by atoms with Gasteiger partial charge in [0.05, 0.1) is 12.6 Å². The summed E-state index contributed by atoms with van der Waals surface area (Å²) < 4.78 is 1.03. The lowest BCUT2D eigenvalue weighted by atomic mass is 10.2. The Hall–Kier alpha value is -0.580. The summed E-state index contributed by atoms with van der Waals surface area (Å²) in [7, 11) is 1.92. The highest BCUT2D eigenvalue weighted by atomic mass is 79.9. The van der Waals surface area contributed by atoms with Gasteiger partial charge in [0.2, 0.25) is 0 Å². The topological polar surface area (TPSA) is 43.7 Å². The van der Waals surface area contributed by atoms with Crippen LogP contribution in [0.15, 0.2) is 28.7 Å². The zero-order valence-electron chi connectivity index (χ0n) is 8.73. The third-order valence-corrected chi connectivity index (χ3v) is 2.98. The Labute approximate surface area is 98.5 Å². The van der Waals surface area contributed by atoms with Crippen LogP contribution in [0.3, 0.4) is 0 Å². The molecule has 0 heterocycles. The summed E-state index contributed by atoms with van der Waals surface area (Å²) in [6, 6.07) is 7.84. The molecule has 0 saturated heterocycles. The predicted octanol–water partition coefficient (Wildman–Crippen LogP) is 1.63. The second-order valence-electron chi connectivity index (χ2n) is 3.44. The van der Waals surface area contributed by atoms with Gasteiger partial charge in [0, 0.05) is 23.8 Å². The number of likely N-dealkylation sites (N-methyl/N-ethyl adjacent to an activating group) is 1. The minimum absolute atomic E-state index is 0.0313. The van der Waals surface area contributed by atoms with Gasteiger partial charge in [0.1, 0.15) is 0 Å². The van der Waals surface area contributed by atoms with Crippen molar-refractivity contribution in [1.82, 2.24) is 0 Å². The molecule has 15 heavy (non-hydrogen) atoms. The predicted molar refractivity (Wildman–Crippen MR) is 65.1 cm³/mol. The summed E-state index contributed by atoms with van der Waals surface area (Å²) in [5, 5.41) is 18.0. The Balaban J connectivity index is 2.73. The van der Waals surface area contributed by atoms with Crippen molar-refractivity contribution in [2.75, 3.05) is 25.2 Å². The van der Waals surface area contributed by atoms with E-state index in [1.807, 2.05) is 36.2 Å². The van der Waals surface area contributed by atoms with Gasteiger partial charge >= 0.3 is 0 Å². The van der Waals surface area contributed by atoms with Gasteiger partial charge < -0.3 is 15.1 Å². The number of aliphatic hydroxyl groups is 2. The molecule has 2 N–H and O–H groups in total. The molecule has 0 radical (unpaired) electrons. The minimum atomic E-state index is -0.0313. The van der Waals surface area contributed by atoms with Crippen molar-refractivity contribution in [3.8, 4) is 0 Å². The van der Waals surface area contributed by atoms with Gasteiger partial charge in [-0.25, -0.2) is 0 Å². The Morgan fingerprint density at radius 1 is 1.27 bits per heavy atom. The molecular weight excluding hydrogens is 258 g/mol. The smallest absolute Gasteiger partial charge is 0.0635 e. The van der Waals surface area contributed by atoms with Crippen molar-refractivity contribution >= 4 is 21.6 Å². The zero-order valence-corrected chi connectivity index (χ0v) is 10.3. The molecule has 0 aromatic heterocycles. The highest BCUT2D eigenvalue weighted by molar-refractivity contribution is 9.10. The van der Waals surface area contributed by atoms with Gasteiger partial charge in [-0.05, 0) is 30.7 Å². The van der Waals surface area contributed by atoms with Gasteiger partial charge in [-0.2, -0.15) is 0 Å². The number of anilines is 1. The highest BCUT2D eigenvalue weighted by Crippen LogP contribution is 2.19. The molecule has 0 fully saturated rings. The minimum Gasteiger partial charge on any atom is -0.396 e. The zero-order chi connectivity index (χ0) is 11.3. The third-order valence-electron chi connectivity index (χ3n) is 2.45. The third kappa shape index (κ3) is 3.48. The average molecular weight is 274 g/mol. The van der Waals surface area contributed by atoms with Crippen LogP contribution >= 0.6 is 15.9 Å². The van der Waals surface area contributed by atoms with E-state index in [-0.39, 0.29) is 19.3 Å². The molecule has 0 amide bonds. The molecule has 1 aromatic carbocycles. The largest absolute Gasteiger partial charge is 0.396 e. The Kier molecular flexibility index (Phi) is 5.08. The van der Waals surface area contributed by atoms with Crippen molar-refractivity contribution in [3.05, 3.63) is 28.7 Å². The van der Waals surface area contributed by atoms with Crippen molar-refractivity contribution < 1.29 is 10.2 Å². The first-order valence-electron chi connectivity index (χ1n) is 4.89. The molecule has 0 saturated carbocycles. The van der Waals surface area contributed by atoms with Crippen LogP contribution in [0.25, 0.3) is 0 Å². The highest BCUT2D eigenvalue weighted by Gasteiger charge is 2.13. The fourth-order valence-electron chi connectivity index (χ4n) is 1.44. The first kappa shape index (κ1) is 12.5. The van der Waals surface area contributed by atoms with Gasteiger partial charge in [0.25, 0.3) is 0 Å². The number of hydrogen-bond acceptors (Lipinski definition) is 3. The molecular formula is C11H16BrNO2. The maximum atomic E-state index is 9.18. The molecule has 1 atom stereocenters. The molecule has 1 unspecified atom stereocenters. The lowest BCUT2D eigenvalue weighted by molar-refractivity contribution is 0.218. The number of rotatable bonds is 5. The lowest BCUT2D eigenvalue weighted by Crippen LogP contribution is -2.35. The van der Waals surface area contributed by atoms with Crippen LogP contribution in [0, 0.1) is 0 Å². The number of nitrogens with zero attached hydrogens (tertiary/aromatic N) is 1. The molecule has 0 bridgehead atoms. The van der Waals surface area contributed by atoms with Crippen LogP contribution < -0.4 is 4.90 Å². The summed E-state index contributed by atoms with van der Waals surface area (Å²) in [5.41, 5.74) is 1.03. The fourth-order valence-corrected chi connectivity index (χ4v) is 1.71. The number of aliphatic hydroxyl groups excluding tert-OH is 2. The number of hydrogen-bond donors (Lipinski definition) is 2. The monoisotopic (exact) mass is 273 g/mol. The molecule has 3 nitrogen and oxygen atoms in total. The molecule has 84 valence electrons. The van der Waals surface area contributed by atoms with E-state index in [2.05, 4.69) is 15.9 Å². The maximum absolute atomic E-state index is 9.18. The standard InChI is InChI=1S/C11H16BrNO2/c1-13(11(8-15)6-7-14)10-4-2-9(12)3-5-10/h2-5,11,14-15H,6-8H2,1H3. The summed E-state index contributed by atoms with van der Waals surface area (Å²) in [6.45, 7) is 0.138. The van der Waals surface area contributed by atoms with Crippen LogP contribution in [0.4, 0.5) is 5.69 Å². The van der Waals surface area contributed by atoms with E-state index in [1.54, 1.807) is 0 Å². The molecule has 1 rings (SSSR count). The van der Waals surface area contributed by atoms with E-state index in [0.717, 1.165) is 10.2 Å². The van der Waals surface area contributed by atoms with E-state index >= 15 is 0 Å². The SMILES string of the molecule is CN(c1ccc(Br)cc1)C(CO)CCO. The van der Waals surface area contributed by atoms with Crippen molar-refractivity contribution in [2.24, 2.45) is 0 Å². The number of halogens is 1. The second-order valence-corrected chi connectivity index (χ2v) is 4.35. The molecule has 0 aliphatic rings. The van der Waals surface area contributed by atoms with Gasteiger partial charge in [-0.3, -0.25) is 0 Å². The van der Waals surface area contributed by atoms with Crippen LogP contribution in [-0.2, 0) is 0 Å². The maximum Gasteiger partial charge on any atom is 0.0635 e. The molecule has 0 aliphatic carbocycles. The first-order chi connectivity index (χ1) is 7.19. The normalized spacial score (nSPS) is 12.5. The van der Waals surface area contributed by atoms with Crippen molar-refractivity contribution in [3.63, 3.8) is 0 Å². The Morgan fingerprint density at radius 2 is 1.87 bits per heavy atom. The molecule has 1 aromatic rings. The summed E-state index contributed by atoms with van der Waals surface area (Å²) in [5.74, 6) is 0. The molecule has 4 heteroatoms. The van der Waals surface area contributed by atoms with Gasteiger partial charge in [0.15, 0.2) is 0 Å². The van der Waals surface area contributed by atoms with E-state index in [1.165, 1.54) is 0 Å². The van der Waals surface area contributed by atoms with Crippen LogP contribution in [0.2, 0.25) is 0 Å². The molecule has 0 aliphatic heterocycles. The van der Waals surface area contributed by atoms with Crippen LogP contribution in [-0.4, -0.2) is 36.5 Å². The fraction of sp³-hybridized carbons (Fsp3) is 0.455. The summed E-state index contributed by atoms with van der Waals surface area (Å²) in [6.07, 6.45) is 0.572. The average Bonchev–Trinajstić information content (AvgIpc) is 2.26. The van der Waals surface area contributed by atoms with E-state index < -0.39 is 0 Å². The Bertz CT molecular complexity index is 289. The van der Waals surface area contributed by atoms with Gasteiger partial charge in [-0.1, -0.05) is 15.9 Å². The first-order valence-corrected chi connectivity index (χ1v) is 5.68. The van der Waals surface area contributed by atoms with Crippen molar-refractivity contribution in [2.45, 2.75) is 12.5 Å². The molecule has 0 spiro atoms. The second kappa shape index (κ2) is 6.10. The van der Waals surface area contributed by atoms with E-state index in [0.29, 0.717) is 6.42 Å². The van der Waals surface area contributed by atoms with Crippen molar-refractivity contribution in [1.29, 1.82) is 0 Å². The van der Waals surface area contributed by atoms with Gasteiger partial charge in [-0.15, -0.1) is 0 Å². The Morgan fingerprint density at radius 3 is 2.33 bits per heavy atom. The summed E-state index contributed by atoms with van der Waals surface area (Å²) >= 11 is 3.37. The van der Waals surface area contributed by atoms with E-state index in [9.17, 15) is 5.11 Å². The lowest BCUT2D eigenvalue weighted by Gasteiger charge is -2.28. The van der Waals surface area contributed by atoms with Crippen LogP contribution in [0.1, 0.15) is 6.42 Å². The summed E-state index contributed by atoms with van der Waals surface area (Å²) in [4.78, 5) is 1.97.